The van der Waals surface area contributed by atoms with Crippen LogP contribution in [0.2, 0.25) is 5.02 Å². The van der Waals surface area contributed by atoms with E-state index in [1.54, 1.807) is 54.6 Å². The van der Waals surface area contributed by atoms with E-state index in [0.29, 0.717) is 48.1 Å². The first-order valence-electron chi connectivity index (χ1n) is 11.4. The maximum atomic E-state index is 12.6. The van der Waals surface area contributed by atoms with Crippen LogP contribution >= 0.6 is 11.6 Å². The SMILES string of the molecule is N#Cc1cccc(Oc2ccc(NC(=NCc3ccc(Cl)cc3)NC(=O)NC3CCOCC3)cc2)n1. The zero-order chi connectivity index (χ0) is 25.2. The Morgan fingerprint density at radius 3 is 2.58 bits per heavy atom. The van der Waals surface area contributed by atoms with Crippen molar-refractivity contribution in [1.29, 1.82) is 5.26 Å². The molecule has 1 aromatic heterocycles. The van der Waals surface area contributed by atoms with E-state index in [0.717, 1.165) is 18.4 Å². The predicted molar refractivity (Wildman–Crippen MR) is 137 cm³/mol. The van der Waals surface area contributed by atoms with Crippen molar-refractivity contribution in [1.82, 2.24) is 15.6 Å². The normalized spacial score (nSPS) is 13.9. The highest BCUT2D eigenvalue weighted by atomic mass is 35.5. The number of amides is 2. The molecule has 0 saturated carbocycles. The number of hydrogen-bond acceptors (Lipinski definition) is 6. The molecule has 0 radical (unpaired) electrons. The van der Waals surface area contributed by atoms with E-state index >= 15 is 0 Å². The predicted octanol–water partition coefficient (Wildman–Crippen LogP) is 4.85. The minimum atomic E-state index is -0.340. The molecule has 4 rings (SSSR count). The number of aliphatic imine (C=N–C) groups is 1. The topological polar surface area (TPSA) is 121 Å². The maximum absolute atomic E-state index is 12.6. The molecule has 10 heteroatoms. The Labute approximate surface area is 214 Å². The molecule has 1 aliphatic heterocycles. The van der Waals surface area contributed by atoms with Crippen molar-refractivity contribution in [2.75, 3.05) is 18.5 Å². The lowest BCUT2D eigenvalue weighted by atomic mass is 10.1. The van der Waals surface area contributed by atoms with Crippen molar-refractivity contribution in [3.8, 4) is 17.7 Å². The Morgan fingerprint density at radius 2 is 1.86 bits per heavy atom. The van der Waals surface area contributed by atoms with Gasteiger partial charge in [-0.15, -0.1) is 0 Å². The van der Waals surface area contributed by atoms with Gasteiger partial charge in [0.15, 0.2) is 0 Å². The zero-order valence-electron chi connectivity index (χ0n) is 19.4. The van der Waals surface area contributed by atoms with E-state index in [-0.39, 0.29) is 17.8 Å². The first-order chi connectivity index (χ1) is 17.6. The number of ether oxygens (including phenoxy) is 2. The molecule has 36 heavy (non-hydrogen) atoms. The van der Waals surface area contributed by atoms with E-state index < -0.39 is 0 Å². The number of rotatable bonds is 6. The van der Waals surface area contributed by atoms with Crippen LogP contribution in [0, 0.1) is 11.3 Å². The Bertz CT molecular complexity index is 1240. The summed E-state index contributed by atoms with van der Waals surface area (Å²) in [6, 6.07) is 21.1. The number of nitrogens with zero attached hydrogens (tertiary/aromatic N) is 3. The Kier molecular flexibility index (Phi) is 8.70. The molecule has 0 bridgehead atoms. The Balaban J connectivity index is 1.43. The molecule has 1 fully saturated rings. The molecule has 184 valence electrons. The van der Waals surface area contributed by atoms with Crippen LogP contribution in [-0.4, -0.2) is 36.2 Å². The summed E-state index contributed by atoms with van der Waals surface area (Å²) in [7, 11) is 0. The van der Waals surface area contributed by atoms with Gasteiger partial charge in [-0.3, -0.25) is 5.32 Å². The lowest BCUT2D eigenvalue weighted by Crippen LogP contribution is -2.48. The molecule has 0 aliphatic carbocycles. The fourth-order valence-corrected chi connectivity index (χ4v) is 3.57. The quantitative estimate of drug-likeness (QED) is 0.326. The molecule has 3 N–H and O–H groups in total. The van der Waals surface area contributed by atoms with Crippen LogP contribution in [0.1, 0.15) is 24.1 Å². The number of benzene rings is 2. The minimum Gasteiger partial charge on any atom is -0.439 e. The van der Waals surface area contributed by atoms with Gasteiger partial charge in [-0.1, -0.05) is 29.8 Å². The fourth-order valence-electron chi connectivity index (χ4n) is 3.44. The van der Waals surface area contributed by atoms with Crippen molar-refractivity contribution >= 4 is 29.3 Å². The number of pyridine rings is 1. The van der Waals surface area contributed by atoms with Gasteiger partial charge in [0.05, 0.1) is 6.54 Å². The van der Waals surface area contributed by atoms with Crippen LogP contribution in [0.5, 0.6) is 11.6 Å². The molecule has 2 aromatic carbocycles. The largest absolute Gasteiger partial charge is 0.439 e. The van der Waals surface area contributed by atoms with E-state index in [9.17, 15) is 4.79 Å². The van der Waals surface area contributed by atoms with Crippen molar-refractivity contribution in [2.45, 2.75) is 25.4 Å². The summed E-state index contributed by atoms with van der Waals surface area (Å²) in [4.78, 5) is 21.3. The number of halogens is 1. The summed E-state index contributed by atoms with van der Waals surface area (Å²) in [5, 5.41) is 18.6. The first kappa shape index (κ1) is 25.0. The number of urea groups is 1. The lowest BCUT2D eigenvalue weighted by molar-refractivity contribution is 0.0803. The summed E-state index contributed by atoms with van der Waals surface area (Å²) in [5.74, 6) is 1.17. The van der Waals surface area contributed by atoms with Gasteiger partial charge in [-0.25, -0.2) is 14.8 Å². The summed E-state index contributed by atoms with van der Waals surface area (Å²) in [6.45, 7) is 1.61. The van der Waals surface area contributed by atoms with Gasteiger partial charge in [0.2, 0.25) is 11.8 Å². The summed E-state index contributed by atoms with van der Waals surface area (Å²) in [6.07, 6.45) is 1.54. The van der Waals surface area contributed by atoms with Gasteiger partial charge in [-0.05, 0) is 60.9 Å². The molecule has 3 aromatic rings. The maximum Gasteiger partial charge on any atom is 0.321 e. The van der Waals surface area contributed by atoms with Gasteiger partial charge < -0.3 is 20.1 Å². The van der Waals surface area contributed by atoms with Gasteiger partial charge in [0.1, 0.15) is 17.5 Å². The van der Waals surface area contributed by atoms with Crippen LogP contribution in [0.15, 0.2) is 71.7 Å². The highest BCUT2D eigenvalue weighted by Gasteiger charge is 2.17. The second-order valence-electron chi connectivity index (χ2n) is 8.00. The van der Waals surface area contributed by atoms with Gasteiger partial charge in [0.25, 0.3) is 0 Å². The number of hydrogen-bond donors (Lipinski definition) is 3. The number of carbonyl (C=O) groups is 1. The van der Waals surface area contributed by atoms with Crippen molar-refractivity contribution in [3.63, 3.8) is 0 Å². The smallest absolute Gasteiger partial charge is 0.321 e. The van der Waals surface area contributed by atoms with Gasteiger partial charge in [0, 0.05) is 36.0 Å². The summed E-state index contributed by atoms with van der Waals surface area (Å²) < 4.78 is 11.1. The molecule has 9 nitrogen and oxygen atoms in total. The molecule has 1 aliphatic rings. The minimum absolute atomic E-state index is 0.0563. The molecule has 0 unspecified atom stereocenters. The second kappa shape index (κ2) is 12.5. The third kappa shape index (κ3) is 7.70. The van der Waals surface area contributed by atoms with E-state index in [1.807, 2.05) is 18.2 Å². The van der Waals surface area contributed by atoms with E-state index in [1.165, 1.54) is 0 Å². The molecule has 1 saturated heterocycles. The standard InChI is InChI=1S/C26H25ClN6O3/c27-19-6-4-18(5-7-19)17-29-25(33-26(34)32-21-12-14-35-15-13-21)31-20-8-10-23(11-9-20)36-24-3-1-2-22(16-28)30-24/h1-11,21H,12-15,17H2,(H3,29,31,32,33,34). The second-order valence-corrected chi connectivity index (χ2v) is 8.44. The monoisotopic (exact) mass is 504 g/mol. The van der Waals surface area contributed by atoms with Crippen LogP contribution in [-0.2, 0) is 11.3 Å². The number of aromatic nitrogens is 1. The number of nitriles is 1. The Hall–Kier alpha value is -4.13. The van der Waals surface area contributed by atoms with E-state index in [4.69, 9.17) is 26.3 Å². The molecular weight excluding hydrogens is 480 g/mol. The molecular formula is C26H25ClN6O3. The summed E-state index contributed by atoms with van der Waals surface area (Å²) >= 11 is 5.97. The highest BCUT2D eigenvalue weighted by molar-refractivity contribution is 6.30. The van der Waals surface area contributed by atoms with Crippen molar-refractivity contribution in [3.05, 3.63) is 83.0 Å². The molecule has 0 spiro atoms. The lowest BCUT2D eigenvalue weighted by Gasteiger charge is -2.23. The van der Waals surface area contributed by atoms with Crippen LogP contribution in [0.25, 0.3) is 0 Å². The third-order valence-electron chi connectivity index (χ3n) is 5.30. The fraction of sp³-hybridized carbons (Fsp3) is 0.231. The molecule has 0 atom stereocenters. The van der Waals surface area contributed by atoms with Gasteiger partial charge in [-0.2, -0.15) is 5.26 Å². The molecule has 2 heterocycles. The first-order valence-corrected chi connectivity index (χ1v) is 11.8. The van der Waals surface area contributed by atoms with Crippen LogP contribution < -0.4 is 20.7 Å². The zero-order valence-corrected chi connectivity index (χ0v) is 20.2. The number of nitrogens with one attached hydrogen (secondary N) is 3. The Morgan fingerprint density at radius 1 is 1.11 bits per heavy atom. The van der Waals surface area contributed by atoms with Crippen LogP contribution in [0.4, 0.5) is 10.5 Å². The van der Waals surface area contributed by atoms with E-state index in [2.05, 4.69) is 25.9 Å². The average molecular weight is 505 g/mol. The van der Waals surface area contributed by atoms with Crippen LogP contribution in [0.3, 0.4) is 0 Å². The number of anilines is 1. The highest BCUT2D eigenvalue weighted by Crippen LogP contribution is 2.22. The number of guanidine groups is 1. The van der Waals surface area contributed by atoms with Crippen molar-refractivity contribution < 1.29 is 14.3 Å². The van der Waals surface area contributed by atoms with Crippen molar-refractivity contribution in [2.24, 2.45) is 4.99 Å². The van der Waals surface area contributed by atoms with Gasteiger partial charge >= 0.3 is 6.03 Å². The molecule has 2 amide bonds. The summed E-state index contributed by atoms with van der Waals surface area (Å²) in [5.41, 5.74) is 1.92. The third-order valence-corrected chi connectivity index (χ3v) is 5.55. The average Bonchev–Trinajstić information content (AvgIpc) is 2.90. The number of carbonyl (C=O) groups excluding carboxylic acids is 1.